The number of ether oxygens (including phenoxy) is 4. The molecule has 0 aromatic heterocycles. The molecule has 7 nitrogen and oxygen atoms in total. The summed E-state index contributed by atoms with van der Waals surface area (Å²) in [6, 6.07) is 0. The van der Waals surface area contributed by atoms with Crippen LogP contribution < -0.4 is 0 Å². The molecule has 0 spiro atoms. The first-order chi connectivity index (χ1) is 15.4. The van der Waals surface area contributed by atoms with Gasteiger partial charge in [0.25, 0.3) is 0 Å². The highest BCUT2D eigenvalue weighted by Gasteiger charge is 2.39. The first-order valence-corrected chi connectivity index (χ1v) is 11.9. The summed E-state index contributed by atoms with van der Waals surface area (Å²) in [5.74, 6) is -0.733. The highest BCUT2D eigenvalue weighted by atomic mass is 16.6. The highest BCUT2D eigenvalue weighted by Crippen LogP contribution is 2.34. The van der Waals surface area contributed by atoms with E-state index in [0.717, 1.165) is 18.4 Å². The zero-order chi connectivity index (χ0) is 25.0. The van der Waals surface area contributed by atoms with Crippen molar-refractivity contribution >= 4 is 17.9 Å². The fourth-order valence-electron chi connectivity index (χ4n) is 4.02. The van der Waals surface area contributed by atoms with Crippen molar-refractivity contribution in [3.8, 4) is 0 Å². The van der Waals surface area contributed by atoms with E-state index in [1.807, 2.05) is 26.8 Å². The van der Waals surface area contributed by atoms with Crippen LogP contribution in [0.3, 0.4) is 0 Å². The quantitative estimate of drug-likeness (QED) is 0.239. The van der Waals surface area contributed by atoms with E-state index in [0.29, 0.717) is 32.3 Å². The van der Waals surface area contributed by atoms with Gasteiger partial charge < -0.3 is 18.9 Å². The Hall–Kier alpha value is -2.15. The second kappa shape index (κ2) is 14.2. The molecule has 1 saturated heterocycles. The normalized spacial score (nSPS) is 23.7. The van der Waals surface area contributed by atoms with E-state index in [9.17, 15) is 14.4 Å². The highest BCUT2D eigenvalue weighted by molar-refractivity contribution is 5.66. The van der Waals surface area contributed by atoms with Crippen LogP contribution in [-0.2, 0) is 33.3 Å². The topological polar surface area (TPSA) is 88.1 Å². The molecule has 1 heterocycles. The molecular weight excluding hydrogens is 424 g/mol. The molecule has 0 aromatic rings. The van der Waals surface area contributed by atoms with Crippen molar-refractivity contribution in [1.29, 1.82) is 0 Å². The second-order valence-corrected chi connectivity index (χ2v) is 9.44. The minimum Gasteiger partial charge on any atom is -0.462 e. The minimum atomic E-state index is -0.626. The summed E-state index contributed by atoms with van der Waals surface area (Å²) in [5.41, 5.74) is 1.60. The number of carbonyl (C=O) groups is 3. The van der Waals surface area contributed by atoms with Gasteiger partial charge in [-0.05, 0) is 64.0 Å². The fraction of sp³-hybridized carbons (Fsp3) is 0.731. The van der Waals surface area contributed by atoms with Crippen molar-refractivity contribution in [1.82, 2.24) is 0 Å². The third-order valence-electron chi connectivity index (χ3n) is 6.01. The van der Waals surface area contributed by atoms with Crippen LogP contribution in [0.4, 0.5) is 0 Å². The first kappa shape index (κ1) is 28.9. The Labute approximate surface area is 198 Å². The zero-order valence-corrected chi connectivity index (χ0v) is 21.4. The molecule has 0 bridgehead atoms. The maximum atomic E-state index is 11.7. The van der Waals surface area contributed by atoms with E-state index < -0.39 is 5.60 Å². The molecule has 188 valence electrons. The number of rotatable bonds is 11. The number of esters is 3. The number of hydrogen-bond acceptors (Lipinski definition) is 7. The predicted octanol–water partition coefficient (Wildman–Crippen LogP) is 5.07. The van der Waals surface area contributed by atoms with Crippen molar-refractivity contribution in [2.45, 2.75) is 105 Å². The summed E-state index contributed by atoms with van der Waals surface area (Å²) in [6.45, 7) is 13.0. The predicted molar refractivity (Wildman–Crippen MR) is 126 cm³/mol. The van der Waals surface area contributed by atoms with Crippen LogP contribution in [0.1, 0.15) is 87.0 Å². The summed E-state index contributed by atoms with van der Waals surface area (Å²) in [5, 5.41) is 0. The van der Waals surface area contributed by atoms with Crippen LogP contribution in [0.15, 0.2) is 23.3 Å². The van der Waals surface area contributed by atoms with Crippen molar-refractivity contribution in [2.75, 3.05) is 13.2 Å². The second-order valence-electron chi connectivity index (χ2n) is 9.44. The molecule has 0 N–H and O–H groups in total. The molecule has 1 rings (SSSR count). The van der Waals surface area contributed by atoms with Gasteiger partial charge in [0.1, 0.15) is 24.4 Å². The Bertz CT molecular complexity index is 720. The van der Waals surface area contributed by atoms with Gasteiger partial charge in [0, 0.05) is 27.2 Å². The molecule has 1 aliphatic heterocycles. The average Bonchev–Trinajstić information content (AvgIpc) is 2.84. The Balaban J connectivity index is 2.80. The maximum absolute atomic E-state index is 11.7. The van der Waals surface area contributed by atoms with Gasteiger partial charge in [-0.25, -0.2) is 0 Å². The molecule has 0 aromatic carbocycles. The lowest BCUT2D eigenvalue weighted by Gasteiger charge is -2.35. The SMILES string of the molecule is CC(=O)OCC=C1CC[C@@H](OC(C)=O)C(C)(CCCC(C)C(CC=C(C)C)OC(C)=O)OC1. The van der Waals surface area contributed by atoms with Crippen molar-refractivity contribution in [3.05, 3.63) is 23.3 Å². The van der Waals surface area contributed by atoms with Crippen molar-refractivity contribution in [3.63, 3.8) is 0 Å². The first-order valence-electron chi connectivity index (χ1n) is 11.9. The van der Waals surface area contributed by atoms with E-state index in [4.69, 9.17) is 18.9 Å². The molecule has 1 aliphatic rings. The Morgan fingerprint density at radius 1 is 1.12 bits per heavy atom. The van der Waals surface area contributed by atoms with Crippen LogP contribution in [0.5, 0.6) is 0 Å². The van der Waals surface area contributed by atoms with Gasteiger partial charge in [-0.2, -0.15) is 0 Å². The molecule has 33 heavy (non-hydrogen) atoms. The van der Waals surface area contributed by atoms with Gasteiger partial charge in [-0.1, -0.05) is 25.0 Å². The third-order valence-corrected chi connectivity index (χ3v) is 6.01. The van der Waals surface area contributed by atoms with Gasteiger partial charge >= 0.3 is 17.9 Å². The largest absolute Gasteiger partial charge is 0.462 e. The Kier molecular flexibility index (Phi) is 12.4. The molecule has 0 amide bonds. The Morgan fingerprint density at radius 2 is 1.82 bits per heavy atom. The van der Waals surface area contributed by atoms with Gasteiger partial charge in [0.05, 0.1) is 6.61 Å². The monoisotopic (exact) mass is 466 g/mol. The molecule has 1 fully saturated rings. The molecule has 0 aliphatic carbocycles. The lowest BCUT2D eigenvalue weighted by molar-refractivity contribution is -0.168. The number of carbonyl (C=O) groups excluding carboxylic acids is 3. The van der Waals surface area contributed by atoms with E-state index in [1.165, 1.54) is 26.3 Å². The van der Waals surface area contributed by atoms with Gasteiger partial charge in [0.2, 0.25) is 0 Å². The molecule has 4 atom stereocenters. The van der Waals surface area contributed by atoms with Crippen molar-refractivity contribution in [2.24, 2.45) is 5.92 Å². The summed E-state index contributed by atoms with van der Waals surface area (Å²) in [7, 11) is 0. The van der Waals surface area contributed by atoms with E-state index in [-0.39, 0.29) is 42.6 Å². The van der Waals surface area contributed by atoms with Crippen LogP contribution in [0.25, 0.3) is 0 Å². The van der Waals surface area contributed by atoms with E-state index in [1.54, 1.807) is 0 Å². The average molecular weight is 467 g/mol. The van der Waals surface area contributed by atoms with Gasteiger partial charge in [0.15, 0.2) is 0 Å². The third kappa shape index (κ3) is 11.5. The smallest absolute Gasteiger partial charge is 0.303 e. The van der Waals surface area contributed by atoms with Gasteiger partial charge in [-0.15, -0.1) is 0 Å². The summed E-state index contributed by atoms with van der Waals surface area (Å²) in [6.07, 6.45) is 7.90. The molecule has 7 heteroatoms. The summed E-state index contributed by atoms with van der Waals surface area (Å²) in [4.78, 5) is 34.3. The van der Waals surface area contributed by atoms with Crippen molar-refractivity contribution < 1.29 is 33.3 Å². The standard InChI is InChI=1S/C26H42O7/c1-18(2)10-12-24(32-21(5)28)19(3)9-8-15-26(7)25(33-22(6)29)13-11-23(17-31-26)14-16-30-20(4)27/h10,14,19,24-25H,8-9,11-13,15-17H2,1-7H3/t19?,24?,25-,26?/m1/s1. The summed E-state index contributed by atoms with van der Waals surface area (Å²) >= 11 is 0. The molecular formula is C26H42O7. The minimum absolute atomic E-state index is 0.166. The molecule has 0 radical (unpaired) electrons. The summed E-state index contributed by atoms with van der Waals surface area (Å²) < 4.78 is 22.5. The van der Waals surface area contributed by atoms with Gasteiger partial charge in [-0.3, -0.25) is 14.4 Å². The molecule has 0 saturated carbocycles. The van der Waals surface area contributed by atoms with E-state index >= 15 is 0 Å². The van der Waals surface area contributed by atoms with Crippen LogP contribution in [-0.4, -0.2) is 48.9 Å². The zero-order valence-electron chi connectivity index (χ0n) is 21.4. The maximum Gasteiger partial charge on any atom is 0.303 e. The van der Waals surface area contributed by atoms with Crippen LogP contribution in [0.2, 0.25) is 0 Å². The fourth-order valence-corrected chi connectivity index (χ4v) is 4.02. The van der Waals surface area contributed by atoms with Crippen LogP contribution >= 0.6 is 0 Å². The lowest BCUT2D eigenvalue weighted by atomic mass is 9.86. The number of allylic oxidation sites excluding steroid dienone is 1. The molecule has 3 unspecified atom stereocenters. The van der Waals surface area contributed by atoms with Crippen LogP contribution in [0, 0.1) is 5.92 Å². The lowest BCUT2D eigenvalue weighted by Crippen LogP contribution is -2.43. The number of hydrogen-bond donors (Lipinski definition) is 0. The Morgan fingerprint density at radius 3 is 2.39 bits per heavy atom. The van der Waals surface area contributed by atoms with E-state index in [2.05, 4.69) is 13.0 Å².